The van der Waals surface area contributed by atoms with Crippen LogP contribution in [0.25, 0.3) is 0 Å². The monoisotopic (exact) mass is 470 g/mol. The third-order valence-corrected chi connectivity index (χ3v) is 7.43. The minimum absolute atomic E-state index is 0.149. The summed E-state index contributed by atoms with van der Waals surface area (Å²) in [5.74, 6) is 2.15. The molecule has 0 saturated heterocycles. The largest absolute Gasteiger partial charge is 0.496 e. The van der Waals surface area contributed by atoms with E-state index in [1.165, 1.54) is 33.4 Å². The number of rotatable bonds is 2. The molecule has 0 fully saturated rings. The van der Waals surface area contributed by atoms with Gasteiger partial charge in [0.2, 0.25) is 0 Å². The van der Waals surface area contributed by atoms with Crippen LogP contribution in [0.2, 0.25) is 0 Å². The van der Waals surface area contributed by atoms with E-state index in [4.69, 9.17) is 9.47 Å². The Morgan fingerprint density at radius 1 is 0.654 bits per heavy atom. The summed E-state index contributed by atoms with van der Waals surface area (Å²) in [6.07, 6.45) is 0. The molecule has 0 heterocycles. The van der Waals surface area contributed by atoms with Crippen LogP contribution in [0, 0.1) is 0 Å². The van der Waals surface area contributed by atoms with E-state index in [1.54, 1.807) is 14.2 Å². The van der Waals surface area contributed by atoms with E-state index in [2.05, 4.69) is 68.3 Å². The van der Waals surface area contributed by atoms with Gasteiger partial charge in [0.15, 0.2) is 0 Å². The summed E-state index contributed by atoms with van der Waals surface area (Å²) in [5.41, 5.74) is 7.86. The van der Waals surface area contributed by atoms with Gasteiger partial charge in [-0.05, 0) is 78.4 Å². The van der Waals surface area contributed by atoms with E-state index in [9.17, 15) is 0 Å². The third kappa shape index (κ3) is 2.03. The van der Waals surface area contributed by atoms with Crippen molar-refractivity contribution in [3.8, 4) is 11.5 Å². The second-order valence-corrected chi connectivity index (χ2v) is 8.40. The second-order valence-electron chi connectivity index (χ2n) is 6.69. The maximum Gasteiger partial charge on any atom is 0.123 e. The van der Waals surface area contributed by atoms with E-state index in [-0.39, 0.29) is 11.8 Å². The van der Waals surface area contributed by atoms with Crippen LogP contribution < -0.4 is 9.47 Å². The molecule has 0 saturated carbocycles. The molecule has 3 aliphatic carbocycles. The molecule has 130 valence electrons. The van der Waals surface area contributed by atoms with Gasteiger partial charge < -0.3 is 9.47 Å². The van der Waals surface area contributed by atoms with Crippen LogP contribution in [-0.4, -0.2) is 14.2 Å². The molecule has 4 heteroatoms. The van der Waals surface area contributed by atoms with Gasteiger partial charge in [-0.25, -0.2) is 0 Å². The fourth-order valence-electron chi connectivity index (χ4n) is 4.62. The number of benzene rings is 3. The second kappa shape index (κ2) is 5.86. The fourth-order valence-corrected chi connectivity index (χ4v) is 5.34. The average molecular weight is 472 g/mol. The Balaban J connectivity index is 1.93. The SMILES string of the molecule is COc1ccc(OC)c2c1[C@@H]1c3ccccc3[C@H]2c2cc(Br)c(Br)cc21. The van der Waals surface area contributed by atoms with Crippen molar-refractivity contribution in [3.63, 3.8) is 0 Å². The molecular formula is C22H16Br2O2. The first-order chi connectivity index (χ1) is 12.7. The van der Waals surface area contributed by atoms with Gasteiger partial charge in [-0.2, -0.15) is 0 Å². The molecule has 3 aromatic carbocycles. The van der Waals surface area contributed by atoms with E-state index < -0.39 is 0 Å². The molecule has 0 spiro atoms. The van der Waals surface area contributed by atoms with Crippen LogP contribution in [0.3, 0.4) is 0 Å². The number of ether oxygens (including phenoxy) is 2. The van der Waals surface area contributed by atoms with Gasteiger partial charge >= 0.3 is 0 Å². The number of hydrogen-bond donors (Lipinski definition) is 0. The Labute approximate surface area is 169 Å². The predicted molar refractivity (Wildman–Crippen MR) is 110 cm³/mol. The van der Waals surface area contributed by atoms with Crippen LogP contribution in [-0.2, 0) is 0 Å². The third-order valence-electron chi connectivity index (χ3n) is 5.59. The lowest BCUT2D eigenvalue weighted by atomic mass is 9.60. The van der Waals surface area contributed by atoms with Crippen molar-refractivity contribution >= 4 is 31.9 Å². The van der Waals surface area contributed by atoms with Gasteiger partial charge in [0.1, 0.15) is 11.5 Å². The Kier molecular flexibility index (Phi) is 3.70. The molecule has 2 atom stereocenters. The zero-order valence-corrected chi connectivity index (χ0v) is 17.5. The van der Waals surface area contributed by atoms with Crippen molar-refractivity contribution in [3.05, 3.63) is 90.9 Å². The summed E-state index contributed by atoms with van der Waals surface area (Å²) in [7, 11) is 3.49. The molecule has 3 aliphatic rings. The molecule has 0 unspecified atom stereocenters. The smallest absolute Gasteiger partial charge is 0.123 e. The molecule has 6 rings (SSSR count). The van der Waals surface area contributed by atoms with Gasteiger partial charge in [-0.3, -0.25) is 0 Å². The number of halogens is 2. The van der Waals surface area contributed by atoms with Crippen molar-refractivity contribution in [2.75, 3.05) is 14.2 Å². The highest BCUT2D eigenvalue weighted by atomic mass is 79.9. The Bertz CT molecular complexity index is 975. The van der Waals surface area contributed by atoms with E-state index in [0.29, 0.717) is 0 Å². The standard InChI is InChI=1S/C22H16Br2O2/c1-25-17-7-8-18(26-2)22-20-12-6-4-3-5-11(12)19(21(17)22)13-9-15(23)16(24)10-14(13)20/h3-10,19-20H,1-2H3/t19-,20+. The normalized spacial score (nSPS) is 18.8. The molecule has 0 radical (unpaired) electrons. The maximum atomic E-state index is 5.77. The number of hydrogen-bond acceptors (Lipinski definition) is 2. The number of methoxy groups -OCH3 is 2. The van der Waals surface area contributed by atoms with E-state index in [0.717, 1.165) is 20.4 Å². The maximum absolute atomic E-state index is 5.77. The van der Waals surface area contributed by atoms with Crippen LogP contribution in [0.1, 0.15) is 45.2 Å². The summed E-state index contributed by atoms with van der Waals surface area (Å²) in [6, 6.07) is 17.3. The fraction of sp³-hybridized carbons (Fsp3) is 0.182. The highest BCUT2D eigenvalue weighted by Gasteiger charge is 2.44. The molecule has 0 amide bonds. The lowest BCUT2D eigenvalue weighted by molar-refractivity contribution is 0.389. The highest BCUT2D eigenvalue weighted by Crippen LogP contribution is 2.60. The summed E-state index contributed by atoms with van der Waals surface area (Å²) >= 11 is 7.37. The van der Waals surface area contributed by atoms with Crippen molar-refractivity contribution < 1.29 is 9.47 Å². The van der Waals surface area contributed by atoms with Crippen molar-refractivity contribution in [2.24, 2.45) is 0 Å². The molecular weight excluding hydrogens is 456 g/mol. The van der Waals surface area contributed by atoms with Crippen LogP contribution in [0.4, 0.5) is 0 Å². The molecule has 3 aromatic rings. The minimum atomic E-state index is 0.149. The Hall–Kier alpha value is -1.78. The average Bonchev–Trinajstić information content (AvgIpc) is 2.67. The van der Waals surface area contributed by atoms with Gasteiger partial charge in [0.25, 0.3) is 0 Å². The van der Waals surface area contributed by atoms with Gasteiger partial charge in [-0.15, -0.1) is 0 Å². The lowest BCUT2D eigenvalue weighted by Crippen LogP contribution is -2.28. The van der Waals surface area contributed by atoms with E-state index >= 15 is 0 Å². The van der Waals surface area contributed by atoms with Crippen molar-refractivity contribution in [1.29, 1.82) is 0 Å². The summed E-state index contributed by atoms with van der Waals surface area (Å²) in [4.78, 5) is 0. The van der Waals surface area contributed by atoms with Gasteiger partial charge in [0.05, 0.1) is 14.2 Å². The van der Waals surface area contributed by atoms with Crippen molar-refractivity contribution in [2.45, 2.75) is 11.8 Å². The highest BCUT2D eigenvalue weighted by molar-refractivity contribution is 9.13. The topological polar surface area (TPSA) is 18.5 Å². The summed E-state index contributed by atoms with van der Waals surface area (Å²) in [6.45, 7) is 0. The zero-order chi connectivity index (χ0) is 18.0. The Morgan fingerprint density at radius 3 is 1.46 bits per heavy atom. The first-order valence-corrected chi connectivity index (χ1v) is 10.1. The molecule has 26 heavy (non-hydrogen) atoms. The summed E-state index contributed by atoms with van der Waals surface area (Å²) in [5, 5.41) is 0. The van der Waals surface area contributed by atoms with Crippen LogP contribution in [0.15, 0.2) is 57.5 Å². The minimum Gasteiger partial charge on any atom is -0.496 e. The van der Waals surface area contributed by atoms with Crippen LogP contribution in [0.5, 0.6) is 11.5 Å². The van der Waals surface area contributed by atoms with Crippen molar-refractivity contribution in [1.82, 2.24) is 0 Å². The zero-order valence-electron chi connectivity index (χ0n) is 14.3. The van der Waals surface area contributed by atoms with Crippen LogP contribution >= 0.6 is 31.9 Å². The van der Waals surface area contributed by atoms with Gasteiger partial charge in [0, 0.05) is 31.9 Å². The molecule has 2 bridgehead atoms. The van der Waals surface area contributed by atoms with Gasteiger partial charge in [-0.1, -0.05) is 24.3 Å². The predicted octanol–water partition coefficient (Wildman–Crippen LogP) is 6.22. The first-order valence-electron chi connectivity index (χ1n) is 8.48. The summed E-state index contributed by atoms with van der Waals surface area (Å²) < 4.78 is 13.7. The quantitative estimate of drug-likeness (QED) is 0.304. The molecule has 0 N–H and O–H groups in total. The van der Waals surface area contributed by atoms with E-state index in [1.807, 2.05) is 12.1 Å². The molecule has 2 nitrogen and oxygen atoms in total. The molecule has 0 aliphatic heterocycles. The Morgan fingerprint density at radius 2 is 1.08 bits per heavy atom. The first kappa shape index (κ1) is 16.4. The molecule has 0 aromatic heterocycles. The lowest BCUT2D eigenvalue weighted by Gasteiger charge is -2.43.